The highest BCUT2D eigenvalue weighted by atomic mass is 32.1. The van der Waals surface area contributed by atoms with E-state index >= 15 is 0 Å². The van der Waals surface area contributed by atoms with Gasteiger partial charge in [-0.1, -0.05) is 12.1 Å². The van der Waals surface area contributed by atoms with Crippen molar-refractivity contribution in [3.63, 3.8) is 0 Å². The van der Waals surface area contributed by atoms with Crippen molar-refractivity contribution in [1.29, 1.82) is 0 Å². The van der Waals surface area contributed by atoms with Gasteiger partial charge in [0.15, 0.2) is 0 Å². The monoisotopic (exact) mass is 303 g/mol. The number of nitrogens with one attached hydrogen (secondary N) is 1. The summed E-state index contributed by atoms with van der Waals surface area (Å²) in [5.41, 5.74) is 3.39. The number of aliphatic hydroxyl groups is 1. The van der Waals surface area contributed by atoms with Crippen LogP contribution in [0.3, 0.4) is 0 Å². The van der Waals surface area contributed by atoms with Gasteiger partial charge >= 0.3 is 0 Å². The molecule has 3 rings (SSSR count). The van der Waals surface area contributed by atoms with Crippen LogP contribution in [0.15, 0.2) is 35.0 Å². The molecule has 1 aliphatic rings. The minimum absolute atomic E-state index is 0.0937. The van der Waals surface area contributed by atoms with Crippen LogP contribution in [0.1, 0.15) is 36.6 Å². The van der Waals surface area contributed by atoms with Gasteiger partial charge in [0.1, 0.15) is 11.4 Å². The number of rotatable bonds is 5. The molecule has 1 aliphatic heterocycles. The first-order valence-corrected chi connectivity index (χ1v) is 8.19. The Bertz CT molecular complexity index is 607. The fourth-order valence-corrected chi connectivity index (χ4v) is 3.42. The Morgan fingerprint density at radius 3 is 3.00 bits per heavy atom. The highest BCUT2D eigenvalue weighted by molar-refractivity contribution is 7.07. The lowest BCUT2D eigenvalue weighted by Crippen LogP contribution is -2.24. The molecule has 0 spiro atoms. The van der Waals surface area contributed by atoms with Gasteiger partial charge in [0.25, 0.3) is 0 Å². The lowest BCUT2D eigenvalue weighted by atomic mass is 10.0. The summed E-state index contributed by atoms with van der Waals surface area (Å²) in [6.45, 7) is 5.55. The third-order valence-electron chi connectivity index (χ3n) is 3.72. The van der Waals surface area contributed by atoms with Gasteiger partial charge in [-0.15, -0.1) is 0 Å². The van der Waals surface area contributed by atoms with E-state index in [1.165, 1.54) is 11.1 Å². The molecule has 0 aliphatic carbocycles. The first-order chi connectivity index (χ1) is 10.0. The van der Waals surface area contributed by atoms with E-state index in [9.17, 15) is 5.11 Å². The zero-order chi connectivity index (χ0) is 14.9. The number of fused-ring (bicyclic) bond motifs is 1. The van der Waals surface area contributed by atoms with Crippen LogP contribution in [-0.4, -0.2) is 17.3 Å². The van der Waals surface area contributed by atoms with Gasteiger partial charge in [-0.3, -0.25) is 0 Å². The molecule has 2 heterocycles. The van der Waals surface area contributed by atoms with Crippen LogP contribution in [0.2, 0.25) is 0 Å². The molecule has 0 amide bonds. The largest absolute Gasteiger partial charge is 0.487 e. The molecule has 0 fully saturated rings. The van der Waals surface area contributed by atoms with Gasteiger partial charge in [-0.05, 0) is 53.4 Å². The number of thiophene rings is 1. The summed E-state index contributed by atoms with van der Waals surface area (Å²) >= 11 is 1.61. The fraction of sp³-hybridized carbons (Fsp3) is 0.412. The summed E-state index contributed by atoms with van der Waals surface area (Å²) < 4.78 is 5.88. The first-order valence-electron chi connectivity index (χ1n) is 7.25. The van der Waals surface area contributed by atoms with Crippen molar-refractivity contribution < 1.29 is 9.84 Å². The van der Waals surface area contributed by atoms with Crippen molar-refractivity contribution in [2.45, 2.75) is 38.5 Å². The van der Waals surface area contributed by atoms with E-state index in [2.05, 4.69) is 37.4 Å². The third kappa shape index (κ3) is 3.46. The first kappa shape index (κ1) is 14.6. The Morgan fingerprint density at radius 2 is 2.24 bits per heavy atom. The summed E-state index contributed by atoms with van der Waals surface area (Å²) in [6, 6.07) is 8.31. The van der Waals surface area contributed by atoms with E-state index in [-0.39, 0.29) is 5.60 Å². The molecule has 1 unspecified atom stereocenters. The quantitative estimate of drug-likeness (QED) is 0.890. The van der Waals surface area contributed by atoms with E-state index in [4.69, 9.17) is 4.74 Å². The van der Waals surface area contributed by atoms with Crippen LogP contribution in [-0.2, 0) is 13.0 Å². The minimum atomic E-state index is -0.437. The van der Waals surface area contributed by atoms with Crippen molar-refractivity contribution in [2.24, 2.45) is 0 Å². The molecular formula is C17H21NO2S. The normalized spacial score (nSPS) is 17.3. The second-order valence-corrected chi connectivity index (χ2v) is 6.96. The van der Waals surface area contributed by atoms with Crippen molar-refractivity contribution in [2.75, 3.05) is 6.54 Å². The summed E-state index contributed by atoms with van der Waals surface area (Å²) in [5, 5.41) is 17.3. The van der Waals surface area contributed by atoms with Crippen molar-refractivity contribution in [3.8, 4) is 5.75 Å². The van der Waals surface area contributed by atoms with Gasteiger partial charge in [0, 0.05) is 19.5 Å². The molecule has 2 N–H and O–H groups in total. The average molecular weight is 303 g/mol. The predicted molar refractivity (Wildman–Crippen MR) is 85.8 cm³/mol. The number of aliphatic hydroxyl groups excluding tert-OH is 1. The Balaban J connectivity index is 1.55. The maximum absolute atomic E-state index is 10.0. The molecule has 0 radical (unpaired) electrons. The van der Waals surface area contributed by atoms with Crippen molar-refractivity contribution >= 4 is 11.3 Å². The van der Waals surface area contributed by atoms with Crippen LogP contribution < -0.4 is 10.1 Å². The van der Waals surface area contributed by atoms with Crippen LogP contribution in [0.25, 0.3) is 0 Å². The smallest absolute Gasteiger partial charge is 0.123 e. The van der Waals surface area contributed by atoms with E-state index in [1.54, 1.807) is 11.3 Å². The van der Waals surface area contributed by atoms with Crippen molar-refractivity contribution in [1.82, 2.24) is 5.32 Å². The Labute approximate surface area is 129 Å². The Kier molecular flexibility index (Phi) is 4.02. The zero-order valence-electron chi connectivity index (χ0n) is 12.4. The topological polar surface area (TPSA) is 41.5 Å². The fourth-order valence-electron chi connectivity index (χ4n) is 2.71. The maximum atomic E-state index is 10.0. The Morgan fingerprint density at radius 1 is 1.38 bits per heavy atom. The molecule has 112 valence electrons. The van der Waals surface area contributed by atoms with Gasteiger partial charge in [0.2, 0.25) is 0 Å². The van der Waals surface area contributed by atoms with Crippen LogP contribution in [0.4, 0.5) is 0 Å². The number of hydrogen-bond donors (Lipinski definition) is 2. The summed E-state index contributed by atoms with van der Waals surface area (Å²) in [4.78, 5) is 0. The average Bonchev–Trinajstić information content (AvgIpc) is 3.03. The molecular weight excluding hydrogens is 282 g/mol. The van der Waals surface area contributed by atoms with Crippen LogP contribution in [0, 0.1) is 0 Å². The second-order valence-electron chi connectivity index (χ2n) is 6.18. The molecule has 1 atom stereocenters. The molecule has 0 bridgehead atoms. The van der Waals surface area contributed by atoms with E-state index < -0.39 is 6.10 Å². The van der Waals surface area contributed by atoms with Gasteiger partial charge in [-0.25, -0.2) is 0 Å². The third-order valence-corrected chi connectivity index (χ3v) is 4.42. The number of ether oxygens (including phenoxy) is 1. The minimum Gasteiger partial charge on any atom is -0.487 e. The van der Waals surface area contributed by atoms with Gasteiger partial charge in [-0.2, -0.15) is 11.3 Å². The standard InChI is InChI=1S/C17H21NO2S/c1-17(2)8-14-7-12(3-4-16(14)20-17)9-18-10-15(19)13-5-6-21-11-13/h3-7,11,15,18-19H,8-10H2,1-2H3. The van der Waals surface area contributed by atoms with E-state index in [0.717, 1.165) is 24.3 Å². The number of hydrogen-bond acceptors (Lipinski definition) is 4. The zero-order valence-corrected chi connectivity index (χ0v) is 13.2. The van der Waals surface area contributed by atoms with Crippen LogP contribution >= 0.6 is 11.3 Å². The van der Waals surface area contributed by atoms with Crippen molar-refractivity contribution in [3.05, 3.63) is 51.7 Å². The molecule has 1 aromatic heterocycles. The molecule has 0 saturated carbocycles. The van der Waals surface area contributed by atoms with E-state index in [1.807, 2.05) is 16.8 Å². The molecule has 4 heteroatoms. The Hall–Kier alpha value is -1.36. The molecule has 2 aromatic rings. The molecule has 3 nitrogen and oxygen atoms in total. The highest BCUT2D eigenvalue weighted by Crippen LogP contribution is 2.35. The summed E-state index contributed by atoms with van der Waals surface area (Å²) in [7, 11) is 0. The van der Waals surface area contributed by atoms with Crippen LogP contribution in [0.5, 0.6) is 5.75 Å². The van der Waals surface area contributed by atoms with E-state index in [0.29, 0.717) is 6.54 Å². The summed E-state index contributed by atoms with van der Waals surface area (Å²) in [5.74, 6) is 1.00. The number of benzene rings is 1. The molecule has 1 aromatic carbocycles. The lowest BCUT2D eigenvalue weighted by Gasteiger charge is -2.16. The summed E-state index contributed by atoms with van der Waals surface area (Å²) in [6.07, 6.45) is 0.515. The molecule has 0 saturated heterocycles. The highest BCUT2D eigenvalue weighted by Gasteiger charge is 2.29. The second kappa shape index (κ2) is 5.79. The van der Waals surface area contributed by atoms with Gasteiger partial charge < -0.3 is 15.2 Å². The van der Waals surface area contributed by atoms with Gasteiger partial charge in [0.05, 0.1) is 6.10 Å². The maximum Gasteiger partial charge on any atom is 0.123 e. The predicted octanol–water partition coefficient (Wildman–Crippen LogP) is 3.28. The SMILES string of the molecule is CC1(C)Cc2cc(CNCC(O)c3ccsc3)ccc2O1. The molecule has 21 heavy (non-hydrogen) atoms. The lowest BCUT2D eigenvalue weighted by molar-refractivity contribution is 0.138.